The molecule has 1 heterocycles. The molecule has 5 nitrogen and oxygen atoms in total. The Kier molecular flexibility index (Phi) is 2.69. The minimum atomic E-state index is -0.465. The van der Waals surface area contributed by atoms with E-state index in [9.17, 15) is 4.79 Å². The molecule has 0 spiro atoms. The van der Waals surface area contributed by atoms with Gasteiger partial charge in [-0.1, -0.05) is 20.8 Å². The minimum absolute atomic E-state index is 0.176. The number of carbonyl (C=O) groups is 1. The number of aromatic nitrogens is 2. The van der Waals surface area contributed by atoms with Gasteiger partial charge in [0.05, 0.1) is 13.4 Å². The summed E-state index contributed by atoms with van der Waals surface area (Å²) in [4.78, 5) is 15.9. The van der Waals surface area contributed by atoms with Crippen molar-refractivity contribution >= 4 is 11.8 Å². The number of imidazole rings is 1. The summed E-state index contributed by atoms with van der Waals surface area (Å²) in [5.41, 5.74) is 6.82. The van der Waals surface area contributed by atoms with Gasteiger partial charge in [-0.3, -0.25) is 0 Å². The van der Waals surface area contributed by atoms with Crippen molar-refractivity contribution in [2.75, 3.05) is 12.8 Å². The van der Waals surface area contributed by atoms with Gasteiger partial charge in [-0.05, 0) is 36.0 Å². The van der Waals surface area contributed by atoms with Crippen LogP contribution in [0.4, 0.5) is 5.82 Å². The minimum Gasteiger partial charge on any atom is -0.464 e. The summed E-state index contributed by atoms with van der Waals surface area (Å²) in [6.45, 7) is 6.96. The summed E-state index contributed by atoms with van der Waals surface area (Å²) >= 11 is 0. The van der Waals surface area contributed by atoms with Crippen LogP contribution in [0.25, 0.3) is 0 Å². The number of nitrogens with two attached hydrogens (primary N) is 1. The topological polar surface area (TPSA) is 70.1 Å². The van der Waals surface area contributed by atoms with Crippen molar-refractivity contribution in [3.05, 3.63) is 12.0 Å². The van der Waals surface area contributed by atoms with E-state index in [0.717, 1.165) is 5.92 Å². The Labute approximate surface area is 119 Å². The molecule has 2 N–H and O–H groups in total. The van der Waals surface area contributed by atoms with Crippen LogP contribution in [0.2, 0.25) is 0 Å². The number of fused-ring (bicyclic) bond motifs is 2. The van der Waals surface area contributed by atoms with E-state index in [1.54, 1.807) is 6.33 Å². The van der Waals surface area contributed by atoms with Crippen molar-refractivity contribution < 1.29 is 9.53 Å². The van der Waals surface area contributed by atoms with E-state index in [0.29, 0.717) is 11.9 Å². The highest BCUT2D eigenvalue weighted by Crippen LogP contribution is 2.68. The van der Waals surface area contributed by atoms with Crippen LogP contribution in [-0.2, 0) is 4.74 Å². The van der Waals surface area contributed by atoms with Gasteiger partial charge in [-0.25, -0.2) is 9.78 Å². The Bertz CT molecular complexity index is 559. The average molecular weight is 277 g/mol. The summed E-state index contributed by atoms with van der Waals surface area (Å²) < 4.78 is 6.74. The highest BCUT2D eigenvalue weighted by molar-refractivity contribution is 5.92. The van der Waals surface area contributed by atoms with Crippen LogP contribution in [0.5, 0.6) is 0 Å². The molecule has 0 aliphatic heterocycles. The molecule has 110 valence electrons. The molecule has 2 fully saturated rings. The Morgan fingerprint density at radius 2 is 2.20 bits per heavy atom. The number of rotatable bonds is 2. The van der Waals surface area contributed by atoms with Gasteiger partial charge in [0.1, 0.15) is 5.82 Å². The van der Waals surface area contributed by atoms with Crippen molar-refractivity contribution in [1.29, 1.82) is 0 Å². The fourth-order valence-electron chi connectivity index (χ4n) is 4.80. The maximum Gasteiger partial charge on any atom is 0.360 e. The standard InChI is InChI=1S/C15H23N3O2/c1-14(2)9-5-6-15(3,7-9)13(14)18-8-17-10(11(18)16)12(19)20-4/h8-9,13H,5-7,16H2,1-4H3. The lowest BCUT2D eigenvalue weighted by Crippen LogP contribution is -2.37. The zero-order valence-electron chi connectivity index (χ0n) is 12.6. The number of carbonyl (C=O) groups excluding carboxylic acids is 1. The lowest BCUT2D eigenvalue weighted by molar-refractivity contribution is 0.0594. The smallest absolute Gasteiger partial charge is 0.360 e. The van der Waals surface area contributed by atoms with Crippen molar-refractivity contribution in [1.82, 2.24) is 9.55 Å². The number of anilines is 1. The first-order valence-electron chi connectivity index (χ1n) is 7.22. The SMILES string of the molecule is COC(=O)c1ncn(C2C3(C)CCC(C3)C2(C)C)c1N. The molecule has 3 atom stereocenters. The van der Waals surface area contributed by atoms with Gasteiger partial charge >= 0.3 is 5.97 Å². The van der Waals surface area contributed by atoms with Crippen molar-refractivity contribution in [2.24, 2.45) is 16.7 Å². The fraction of sp³-hybridized carbons (Fsp3) is 0.733. The normalized spacial score (nSPS) is 34.4. The second-order valence-electron chi connectivity index (χ2n) is 7.19. The molecule has 3 unspecified atom stereocenters. The van der Waals surface area contributed by atoms with Crippen molar-refractivity contribution in [3.63, 3.8) is 0 Å². The number of hydrogen-bond donors (Lipinski definition) is 1. The molecule has 2 aliphatic rings. The number of esters is 1. The number of ether oxygens (including phenoxy) is 1. The Morgan fingerprint density at radius 3 is 2.75 bits per heavy atom. The maximum atomic E-state index is 11.7. The predicted octanol–water partition coefficient (Wildman–Crippen LogP) is 2.64. The van der Waals surface area contributed by atoms with E-state index in [4.69, 9.17) is 10.5 Å². The number of nitrogen functional groups attached to an aromatic ring is 1. The fourth-order valence-corrected chi connectivity index (χ4v) is 4.80. The molecule has 0 radical (unpaired) electrons. The molecule has 1 aromatic heterocycles. The molecular weight excluding hydrogens is 254 g/mol. The van der Waals surface area contributed by atoms with Crippen molar-refractivity contribution in [2.45, 2.75) is 46.1 Å². The van der Waals surface area contributed by atoms with E-state index in [-0.39, 0.29) is 16.5 Å². The van der Waals surface area contributed by atoms with Crippen LogP contribution in [-0.4, -0.2) is 22.6 Å². The number of nitrogens with zero attached hydrogens (tertiary/aromatic N) is 2. The summed E-state index contributed by atoms with van der Waals surface area (Å²) in [5.74, 6) is 0.692. The van der Waals surface area contributed by atoms with Crippen LogP contribution in [0.15, 0.2) is 6.33 Å². The third kappa shape index (κ3) is 1.55. The highest BCUT2D eigenvalue weighted by atomic mass is 16.5. The molecule has 2 saturated carbocycles. The van der Waals surface area contributed by atoms with Gasteiger partial charge in [0.25, 0.3) is 0 Å². The predicted molar refractivity (Wildman–Crippen MR) is 76.2 cm³/mol. The van der Waals surface area contributed by atoms with Crippen LogP contribution < -0.4 is 5.73 Å². The van der Waals surface area contributed by atoms with E-state index in [2.05, 4.69) is 25.8 Å². The van der Waals surface area contributed by atoms with E-state index < -0.39 is 5.97 Å². The summed E-state index contributed by atoms with van der Waals surface area (Å²) in [5, 5.41) is 0. The molecular formula is C15H23N3O2. The number of methoxy groups -OCH3 is 1. The summed E-state index contributed by atoms with van der Waals surface area (Å²) in [6.07, 6.45) is 5.45. The van der Waals surface area contributed by atoms with Gasteiger partial charge in [0.2, 0.25) is 0 Å². The number of hydrogen-bond acceptors (Lipinski definition) is 4. The van der Waals surface area contributed by atoms with Gasteiger partial charge < -0.3 is 15.0 Å². The average Bonchev–Trinajstić information content (AvgIpc) is 2.99. The molecule has 1 aromatic rings. The van der Waals surface area contributed by atoms with Crippen LogP contribution in [0.3, 0.4) is 0 Å². The zero-order valence-corrected chi connectivity index (χ0v) is 12.6. The third-order valence-corrected chi connectivity index (χ3v) is 5.68. The molecule has 2 aliphatic carbocycles. The first-order valence-corrected chi connectivity index (χ1v) is 7.22. The second kappa shape index (κ2) is 3.99. The molecule has 2 bridgehead atoms. The first kappa shape index (κ1) is 13.5. The molecule has 20 heavy (non-hydrogen) atoms. The molecule has 3 rings (SSSR count). The first-order chi connectivity index (χ1) is 9.31. The third-order valence-electron chi connectivity index (χ3n) is 5.68. The lowest BCUT2D eigenvalue weighted by atomic mass is 9.68. The Balaban J connectivity index is 2.05. The quantitative estimate of drug-likeness (QED) is 0.844. The van der Waals surface area contributed by atoms with Gasteiger partial charge in [-0.15, -0.1) is 0 Å². The van der Waals surface area contributed by atoms with E-state index in [1.807, 2.05) is 4.57 Å². The summed E-state index contributed by atoms with van der Waals surface area (Å²) in [7, 11) is 1.35. The lowest BCUT2D eigenvalue weighted by Gasteiger charge is -2.43. The van der Waals surface area contributed by atoms with Crippen LogP contribution in [0.1, 0.15) is 56.6 Å². The van der Waals surface area contributed by atoms with Gasteiger partial charge in [0.15, 0.2) is 5.69 Å². The molecule has 0 aromatic carbocycles. The van der Waals surface area contributed by atoms with E-state index in [1.165, 1.54) is 26.4 Å². The van der Waals surface area contributed by atoms with Crippen LogP contribution >= 0.6 is 0 Å². The molecule has 0 saturated heterocycles. The highest BCUT2D eigenvalue weighted by Gasteiger charge is 2.60. The molecule has 5 heteroatoms. The zero-order chi connectivity index (χ0) is 14.7. The van der Waals surface area contributed by atoms with Gasteiger partial charge in [0, 0.05) is 6.04 Å². The van der Waals surface area contributed by atoms with Crippen LogP contribution in [0, 0.1) is 16.7 Å². The Morgan fingerprint density at radius 1 is 1.50 bits per heavy atom. The van der Waals surface area contributed by atoms with Crippen molar-refractivity contribution in [3.8, 4) is 0 Å². The molecule has 0 amide bonds. The van der Waals surface area contributed by atoms with E-state index >= 15 is 0 Å². The Hall–Kier alpha value is -1.52. The summed E-state index contributed by atoms with van der Waals surface area (Å²) in [6, 6.07) is 0.291. The largest absolute Gasteiger partial charge is 0.464 e. The monoisotopic (exact) mass is 277 g/mol. The maximum absolute atomic E-state index is 11.7. The van der Waals surface area contributed by atoms with Gasteiger partial charge in [-0.2, -0.15) is 0 Å². The second-order valence-corrected chi connectivity index (χ2v) is 7.19.